The number of nitrogens with zero attached hydrogens (tertiary/aromatic N) is 3. The van der Waals surface area contributed by atoms with Crippen molar-refractivity contribution in [1.82, 2.24) is 15.2 Å². The lowest BCUT2D eigenvalue weighted by atomic mass is 10.1. The van der Waals surface area contributed by atoms with Gasteiger partial charge in [0.2, 0.25) is 0 Å². The number of amides is 1. The van der Waals surface area contributed by atoms with Crippen LogP contribution in [0.5, 0.6) is 0 Å². The summed E-state index contributed by atoms with van der Waals surface area (Å²) in [6.07, 6.45) is 0. The number of para-hydroxylation sites is 1. The number of anilines is 2. The Morgan fingerprint density at radius 1 is 0.974 bits per heavy atom. The van der Waals surface area contributed by atoms with Gasteiger partial charge in [0.25, 0.3) is 15.9 Å². The Kier molecular flexibility index (Phi) is 9.01. The van der Waals surface area contributed by atoms with Crippen molar-refractivity contribution < 1.29 is 22.0 Å². The van der Waals surface area contributed by atoms with Crippen LogP contribution >= 0.6 is 23.7 Å². The molecule has 0 atom stereocenters. The van der Waals surface area contributed by atoms with Gasteiger partial charge in [-0.15, -0.1) is 12.4 Å². The zero-order valence-corrected chi connectivity index (χ0v) is 23.1. The molecule has 4 aromatic rings. The third kappa shape index (κ3) is 6.64. The second-order valence-corrected chi connectivity index (χ2v) is 11.5. The zero-order valence-electron chi connectivity index (χ0n) is 20.6. The van der Waals surface area contributed by atoms with Crippen LogP contribution in [0.2, 0.25) is 0 Å². The lowest BCUT2D eigenvalue weighted by Crippen LogP contribution is -2.48. The molecule has 0 saturated carbocycles. The van der Waals surface area contributed by atoms with E-state index in [1.165, 1.54) is 29.5 Å². The second-order valence-electron chi connectivity index (χ2n) is 8.78. The molecular formula is C26H26ClF2N5O3S2. The van der Waals surface area contributed by atoms with E-state index >= 15 is 0 Å². The van der Waals surface area contributed by atoms with Crippen LogP contribution in [-0.2, 0) is 10.0 Å². The number of carbonyl (C=O) groups is 1. The summed E-state index contributed by atoms with van der Waals surface area (Å²) in [6.45, 7) is 3.76. The van der Waals surface area contributed by atoms with Crippen LogP contribution in [0.1, 0.15) is 10.4 Å². The fourth-order valence-electron chi connectivity index (χ4n) is 4.24. The molecular weight excluding hydrogens is 568 g/mol. The molecule has 1 amide bonds. The van der Waals surface area contributed by atoms with Gasteiger partial charge in [0.1, 0.15) is 11.3 Å². The second kappa shape index (κ2) is 12.2. The average Bonchev–Trinajstić information content (AvgIpc) is 3.34. The number of benzene rings is 3. The number of piperazine rings is 1. The van der Waals surface area contributed by atoms with Crippen molar-refractivity contribution in [3.05, 3.63) is 83.9 Å². The van der Waals surface area contributed by atoms with Crippen molar-refractivity contribution in [1.29, 1.82) is 0 Å². The molecule has 5 rings (SSSR count). The molecule has 1 aliphatic heterocycles. The molecule has 39 heavy (non-hydrogen) atoms. The van der Waals surface area contributed by atoms with Crippen LogP contribution in [0.25, 0.3) is 10.2 Å². The number of nitrogens with one attached hydrogen (secondary N) is 2. The lowest BCUT2D eigenvalue weighted by molar-refractivity contribution is 0.0948. The fraction of sp³-hybridized carbons (Fsp3) is 0.231. The van der Waals surface area contributed by atoms with Crippen molar-refractivity contribution in [2.45, 2.75) is 4.90 Å². The number of halogens is 3. The molecule has 0 radical (unpaired) electrons. The Morgan fingerprint density at radius 2 is 1.67 bits per heavy atom. The third-order valence-corrected chi connectivity index (χ3v) is 8.67. The number of thiazole rings is 1. The van der Waals surface area contributed by atoms with Gasteiger partial charge in [-0.1, -0.05) is 41.7 Å². The number of hydrogen-bond donors (Lipinski definition) is 2. The normalized spacial score (nSPS) is 14.2. The predicted octanol–water partition coefficient (Wildman–Crippen LogP) is 4.35. The molecule has 0 unspecified atom stereocenters. The number of fused-ring (bicyclic) bond motifs is 1. The maximum atomic E-state index is 14.0. The molecule has 1 fully saturated rings. The van der Waals surface area contributed by atoms with Gasteiger partial charge in [-0.05, 0) is 30.3 Å². The van der Waals surface area contributed by atoms with Gasteiger partial charge in [-0.25, -0.2) is 22.2 Å². The zero-order chi connectivity index (χ0) is 26.7. The first-order valence-electron chi connectivity index (χ1n) is 12.0. The first-order chi connectivity index (χ1) is 18.3. The SMILES string of the molecule is Cl.O=C(NCCN1CCN(c2nc3c(F)cc(F)cc3s2)CC1)c1ccccc1NS(=O)(=O)c1ccccc1. The molecule has 1 saturated heterocycles. The summed E-state index contributed by atoms with van der Waals surface area (Å²) in [5, 5.41) is 3.53. The number of aromatic nitrogens is 1. The van der Waals surface area contributed by atoms with Crippen LogP contribution in [0.3, 0.4) is 0 Å². The average molecular weight is 594 g/mol. The number of sulfonamides is 1. The number of hydrogen-bond acceptors (Lipinski definition) is 7. The highest BCUT2D eigenvalue weighted by atomic mass is 35.5. The van der Waals surface area contributed by atoms with Crippen LogP contribution in [-0.4, -0.2) is 63.5 Å². The minimum absolute atomic E-state index is 0. The molecule has 13 heteroatoms. The molecule has 0 aliphatic carbocycles. The van der Waals surface area contributed by atoms with E-state index < -0.39 is 21.7 Å². The van der Waals surface area contributed by atoms with Gasteiger partial charge < -0.3 is 10.2 Å². The van der Waals surface area contributed by atoms with E-state index in [1.807, 2.05) is 4.90 Å². The first kappa shape index (κ1) is 28.7. The molecule has 8 nitrogen and oxygen atoms in total. The summed E-state index contributed by atoms with van der Waals surface area (Å²) in [7, 11) is -3.83. The largest absolute Gasteiger partial charge is 0.351 e. The Balaban J connectivity index is 0.00000353. The smallest absolute Gasteiger partial charge is 0.261 e. The molecule has 206 valence electrons. The monoisotopic (exact) mass is 593 g/mol. The fourth-order valence-corrected chi connectivity index (χ4v) is 6.40. The summed E-state index contributed by atoms with van der Waals surface area (Å²) in [5.41, 5.74) is 0.619. The van der Waals surface area contributed by atoms with Crippen molar-refractivity contribution in [2.75, 3.05) is 48.9 Å². The number of carbonyl (C=O) groups excluding carboxylic acids is 1. The first-order valence-corrected chi connectivity index (χ1v) is 14.3. The van der Waals surface area contributed by atoms with Gasteiger partial charge in [-0.2, -0.15) is 0 Å². The Hall–Kier alpha value is -3.32. The van der Waals surface area contributed by atoms with Crippen LogP contribution in [0.15, 0.2) is 71.6 Å². The van der Waals surface area contributed by atoms with Crippen LogP contribution in [0, 0.1) is 11.6 Å². The van der Waals surface area contributed by atoms with Crippen LogP contribution in [0.4, 0.5) is 19.6 Å². The Labute approximate surface area is 235 Å². The summed E-state index contributed by atoms with van der Waals surface area (Å²) >= 11 is 1.27. The molecule has 0 bridgehead atoms. The van der Waals surface area contributed by atoms with Gasteiger partial charge in [-0.3, -0.25) is 14.4 Å². The molecule has 2 N–H and O–H groups in total. The van der Waals surface area contributed by atoms with Crippen LogP contribution < -0.4 is 14.9 Å². The molecule has 2 heterocycles. The lowest BCUT2D eigenvalue weighted by Gasteiger charge is -2.34. The molecule has 1 aliphatic rings. The van der Waals surface area contributed by atoms with E-state index in [9.17, 15) is 22.0 Å². The van der Waals surface area contributed by atoms with E-state index in [2.05, 4.69) is 19.9 Å². The van der Waals surface area contributed by atoms with Crippen molar-refractivity contribution in [3.8, 4) is 0 Å². The Morgan fingerprint density at radius 3 is 2.41 bits per heavy atom. The van der Waals surface area contributed by atoms with E-state index in [0.717, 1.165) is 19.2 Å². The van der Waals surface area contributed by atoms with E-state index in [1.54, 1.807) is 42.5 Å². The highest BCUT2D eigenvalue weighted by Gasteiger charge is 2.22. The summed E-state index contributed by atoms with van der Waals surface area (Å²) in [5.74, 6) is -1.65. The quantitative estimate of drug-likeness (QED) is 0.315. The van der Waals surface area contributed by atoms with Gasteiger partial charge in [0.05, 0.1) is 20.8 Å². The van der Waals surface area contributed by atoms with Gasteiger partial charge in [0.15, 0.2) is 10.9 Å². The molecule has 3 aromatic carbocycles. The summed E-state index contributed by atoms with van der Waals surface area (Å²) in [6, 6.07) is 16.6. The van der Waals surface area contributed by atoms with E-state index in [0.29, 0.717) is 36.0 Å². The third-order valence-electron chi connectivity index (χ3n) is 6.23. The summed E-state index contributed by atoms with van der Waals surface area (Å²) in [4.78, 5) is 21.6. The standard InChI is InChI=1S/C26H25F2N5O3S2.ClH/c27-18-16-21(28)24-23(17-18)37-26(30-24)33-14-12-32(13-15-33)11-10-29-25(34)20-8-4-5-9-22(20)31-38(35,36)19-6-2-1-3-7-19;/h1-9,16-17,31H,10-15H2,(H,29,34);1H. The van der Waals surface area contributed by atoms with Crippen molar-refractivity contribution in [3.63, 3.8) is 0 Å². The maximum absolute atomic E-state index is 14.0. The summed E-state index contributed by atoms with van der Waals surface area (Å²) < 4.78 is 55.9. The molecule has 0 spiro atoms. The minimum atomic E-state index is -3.83. The highest BCUT2D eigenvalue weighted by Crippen LogP contribution is 2.31. The maximum Gasteiger partial charge on any atom is 0.261 e. The minimum Gasteiger partial charge on any atom is -0.351 e. The van der Waals surface area contributed by atoms with Crippen molar-refractivity contribution in [2.24, 2.45) is 0 Å². The van der Waals surface area contributed by atoms with E-state index in [-0.39, 0.29) is 40.0 Å². The van der Waals surface area contributed by atoms with Gasteiger partial charge >= 0.3 is 0 Å². The van der Waals surface area contributed by atoms with Crippen molar-refractivity contribution >= 4 is 60.7 Å². The highest BCUT2D eigenvalue weighted by molar-refractivity contribution is 7.92. The topological polar surface area (TPSA) is 94.6 Å². The number of rotatable bonds is 8. The van der Waals surface area contributed by atoms with E-state index in [4.69, 9.17) is 0 Å². The molecule has 1 aromatic heterocycles. The Bertz CT molecular complexity index is 1560. The van der Waals surface area contributed by atoms with Gasteiger partial charge in [0, 0.05) is 45.3 Å². The predicted molar refractivity (Wildman–Crippen MR) is 151 cm³/mol.